The molecule has 1 heterocycles. The summed E-state index contributed by atoms with van der Waals surface area (Å²) in [6.45, 7) is 0.951. The molecule has 110 valence electrons. The van der Waals surface area contributed by atoms with E-state index in [1.165, 1.54) is 7.11 Å². The number of ether oxygens (including phenoxy) is 2. The van der Waals surface area contributed by atoms with Gasteiger partial charge in [0.2, 0.25) is 5.91 Å². The van der Waals surface area contributed by atoms with E-state index in [-0.39, 0.29) is 24.7 Å². The number of methoxy groups -OCH3 is 1. The monoisotopic (exact) mass is 278 g/mol. The molecule has 2 rings (SSSR count). The molecule has 0 bridgehead atoms. The molecule has 1 saturated heterocycles. The summed E-state index contributed by atoms with van der Waals surface area (Å²) in [5.74, 6) is -0.212. The van der Waals surface area contributed by atoms with Crippen molar-refractivity contribution in [2.24, 2.45) is 5.73 Å². The Kier molecular flexibility index (Phi) is 5.52. The van der Waals surface area contributed by atoms with Crippen molar-refractivity contribution in [2.45, 2.75) is 31.0 Å². The smallest absolute Gasteiger partial charge is 0.239 e. The third kappa shape index (κ3) is 3.79. The van der Waals surface area contributed by atoms with Gasteiger partial charge in [-0.05, 0) is 18.4 Å². The first-order valence-corrected chi connectivity index (χ1v) is 6.94. The number of benzene rings is 1. The number of hydrogen-bond donors (Lipinski definition) is 2. The van der Waals surface area contributed by atoms with Crippen LogP contribution in [-0.2, 0) is 14.3 Å². The minimum atomic E-state index is -0.660. The summed E-state index contributed by atoms with van der Waals surface area (Å²) in [7, 11) is 1.53. The number of carbonyl (C=O) groups excluding carboxylic acids is 1. The molecular weight excluding hydrogens is 256 g/mol. The van der Waals surface area contributed by atoms with Crippen molar-refractivity contribution >= 4 is 5.91 Å². The standard InChI is InChI=1S/C15H22N2O3/c1-19-10-12(16)15(18)17-14(13-8-5-9-20-13)11-6-3-2-4-7-11/h2-4,6-7,12-14H,5,8-10,16H2,1H3,(H,17,18). The normalized spacial score (nSPS) is 21.4. The van der Waals surface area contributed by atoms with Crippen molar-refractivity contribution in [3.05, 3.63) is 35.9 Å². The van der Waals surface area contributed by atoms with E-state index in [0.717, 1.165) is 25.0 Å². The Morgan fingerprint density at radius 1 is 1.50 bits per heavy atom. The van der Waals surface area contributed by atoms with E-state index in [1.54, 1.807) is 0 Å². The number of nitrogens with one attached hydrogen (secondary N) is 1. The summed E-state index contributed by atoms with van der Waals surface area (Å²) in [5, 5.41) is 2.99. The Hall–Kier alpha value is -1.43. The number of rotatable bonds is 6. The zero-order chi connectivity index (χ0) is 14.4. The first-order valence-electron chi connectivity index (χ1n) is 6.94. The Bertz CT molecular complexity index is 418. The van der Waals surface area contributed by atoms with Crippen LogP contribution in [0.1, 0.15) is 24.4 Å². The van der Waals surface area contributed by atoms with Crippen LogP contribution in [0.25, 0.3) is 0 Å². The lowest BCUT2D eigenvalue weighted by atomic mass is 9.99. The molecule has 1 fully saturated rings. The van der Waals surface area contributed by atoms with Gasteiger partial charge in [-0.1, -0.05) is 30.3 Å². The van der Waals surface area contributed by atoms with Crippen LogP contribution in [0.15, 0.2) is 30.3 Å². The van der Waals surface area contributed by atoms with E-state index >= 15 is 0 Å². The molecule has 0 saturated carbocycles. The zero-order valence-electron chi connectivity index (χ0n) is 11.7. The van der Waals surface area contributed by atoms with Crippen LogP contribution in [0.5, 0.6) is 0 Å². The van der Waals surface area contributed by atoms with Gasteiger partial charge in [-0.15, -0.1) is 0 Å². The van der Waals surface area contributed by atoms with E-state index in [0.29, 0.717) is 0 Å². The van der Waals surface area contributed by atoms with Crippen LogP contribution < -0.4 is 11.1 Å². The number of amides is 1. The van der Waals surface area contributed by atoms with Crippen LogP contribution in [0.2, 0.25) is 0 Å². The Morgan fingerprint density at radius 2 is 2.25 bits per heavy atom. The summed E-state index contributed by atoms with van der Waals surface area (Å²) in [5.41, 5.74) is 6.81. The average molecular weight is 278 g/mol. The summed E-state index contributed by atoms with van der Waals surface area (Å²) in [4.78, 5) is 12.1. The van der Waals surface area contributed by atoms with Gasteiger partial charge >= 0.3 is 0 Å². The highest BCUT2D eigenvalue weighted by Crippen LogP contribution is 2.26. The predicted molar refractivity (Wildman–Crippen MR) is 76.2 cm³/mol. The topological polar surface area (TPSA) is 73.6 Å². The van der Waals surface area contributed by atoms with Gasteiger partial charge in [0.1, 0.15) is 6.04 Å². The second-order valence-corrected chi connectivity index (χ2v) is 5.01. The fourth-order valence-electron chi connectivity index (χ4n) is 2.43. The lowest BCUT2D eigenvalue weighted by Gasteiger charge is -2.26. The molecule has 0 aliphatic carbocycles. The first kappa shape index (κ1) is 15.0. The van der Waals surface area contributed by atoms with Crippen molar-refractivity contribution in [3.8, 4) is 0 Å². The van der Waals surface area contributed by atoms with Crippen LogP contribution in [0.3, 0.4) is 0 Å². The molecule has 3 unspecified atom stereocenters. The average Bonchev–Trinajstić information content (AvgIpc) is 2.99. The van der Waals surface area contributed by atoms with Crippen molar-refractivity contribution in [3.63, 3.8) is 0 Å². The van der Waals surface area contributed by atoms with Crippen molar-refractivity contribution in [2.75, 3.05) is 20.3 Å². The van der Waals surface area contributed by atoms with Crippen molar-refractivity contribution < 1.29 is 14.3 Å². The van der Waals surface area contributed by atoms with Crippen LogP contribution in [-0.4, -0.2) is 38.4 Å². The third-order valence-electron chi connectivity index (χ3n) is 3.48. The number of nitrogens with two attached hydrogens (primary N) is 1. The molecule has 5 heteroatoms. The SMILES string of the molecule is COCC(N)C(=O)NC(c1ccccc1)C1CCCO1. The first-order chi connectivity index (χ1) is 9.72. The fourth-order valence-corrected chi connectivity index (χ4v) is 2.43. The lowest BCUT2D eigenvalue weighted by molar-refractivity contribution is -0.125. The van der Waals surface area contributed by atoms with Gasteiger partial charge in [0, 0.05) is 13.7 Å². The van der Waals surface area contributed by atoms with Crippen LogP contribution in [0, 0.1) is 0 Å². The molecule has 1 aliphatic heterocycles. The maximum absolute atomic E-state index is 12.1. The van der Waals surface area contributed by atoms with Gasteiger partial charge in [0.05, 0.1) is 18.8 Å². The predicted octanol–water partition coefficient (Wildman–Crippen LogP) is 0.997. The molecule has 1 aromatic carbocycles. The van der Waals surface area contributed by atoms with Crippen LogP contribution >= 0.6 is 0 Å². The fraction of sp³-hybridized carbons (Fsp3) is 0.533. The number of hydrogen-bond acceptors (Lipinski definition) is 4. The Balaban J connectivity index is 2.09. The van der Waals surface area contributed by atoms with Gasteiger partial charge in [-0.25, -0.2) is 0 Å². The quantitative estimate of drug-likeness (QED) is 0.814. The molecule has 1 amide bonds. The van der Waals surface area contributed by atoms with E-state index < -0.39 is 6.04 Å². The minimum Gasteiger partial charge on any atom is -0.383 e. The summed E-state index contributed by atoms with van der Waals surface area (Å²) < 4.78 is 10.6. The molecule has 0 spiro atoms. The van der Waals surface area contributed by atoms with Crippen molar-refractivity contribution in [1.29, 1.82) is 0 Å². The molecular formula is C15H22N2O3. The summed E-state index contributed by atoms with van der Waals surface area (Å²) >= 11 is 0. The largest absolute Gasteiger partial charge is 0.383 e. The minimum absolute atomic E-state index is 0.0103. The van der Waals surface area contributed by atoms with Gasteiger partial charge in [0.15, 0.2) is 0 Å². The maximum Gasteiger partial charge on any atom is 0.239 e. The molecule has 5 nitrogen and oxygen atoms in total. The molecule has 3 atom stereocenters. The maximum atomic E-state index is 12.1. The van der Waals surface area contributed by atoms with Gasteiger partial charge in [-0.3, -0.25) is 4.79 Å². The highest BCUT2D eigenvalue weighted by molar-refractivity contribution is 5.82. The van der Waals surface area contributed by atoms with E-state index in [4.69, 9.17) is 15.2 Å². The summed E-state index contributed by atoms with van der Waals surface area (Å²) in [6.07, 6.45) is 1.98. The zero-order valence-corrected chi connectivity index (χ0v) is 11.7. The molecule has 20 heavy (non-hydrogen) atoms. The number of carbonyl (C=O) groups is 1. The second kappa shape index (κ2) is 7.38. The van der Waals surface area contributed by atoms with Gasteiger partial charge in [-0.2, -0.15) is 0 Å². The molecule has 1 aromatic rings. The molecule has 0 radical (unpaired) electrons. The van der Waals surface area contributed by atoms with Gasteiger partial charge in [0.25, 0.3) is 0 Å². The highest BCUT2D eigenvalue weighted by atomic mass is 16.5. The van der Waals surface area contributed by atoms with E-state index in [2.05, 4.69) is 5.32 Å². The molecule has 1 aliphatic rings. The van der Waals surface area contributed by atoms with E-state index in [9.17, 15) is 4.79 Å². The molecule has 3 N–H and O–H groups in total. The Morgan fingerprint density at radius 3 is 2.85 bits per heavy atom. The van der Waals surface area contributed by atoms with Crippen molar-refractivity contribution in [1.82, 2.24) is 5.32 Å². The van der Waals surface area contributed by atoms with Gasteiger partial charge < -0.3 is 20.5 Å². The third-order valence-corrected chi connectivity index (χ3v) is 3.48. The lowest BCUT2D eigenvalue weighted by Crippen LogP contribution is -2.47. The second-order valence-electron chi connectivity index (χ2n) is 5.01. The molecule has 0 aromatic heterocycles. The van der Waals surface area contributed by atoms with E-state index in [1.807, 2.05) is 30.3 Å². The highest BCUT2D eigenvalue weighted by Gasteiger charge is 2.29. The Labute approximate surface area is 119 Å². The van der Waals surface area contributed by atoms with Crippen LogP contribution in [0.4, 0.5) is 0 Å². The summed E-state index contributed by atoms with van der Waals surface area (Å²) in [6, 6.07) is 9.04.